The molecular weight excluding hydrogens is 381 g/mol. The van der Waals surface area contributed by atoms with Gasteiger partial charge >= 0.3 is 5.97 Å². The summed E-state index contributed by atoms with van der Waals surface area (Å²) in [5.74, 6) is 0.0584. The number of benzene rings is 1. The van der Waals surface area contributed by atoms with Gasteiger partial charge in [-0.3, -0.25) is 0 Å². The summed E-state index contributed by atoms with van der Waals surface area (Å²) in [5.41, 5.74) is 0.635. The maximum Gasteiger partial charge on any atom is 0.363 e. The zero-order valence-corrected chi connectivity index (χ0v) is 13.4. The molecular formula is C14H6BrCl2NO3. The average Bonchev–Trinajstić information content (AvgIpc) is 2.97. The van der Waals surface area contributed by atoms with Gasteiger partial charge in [0.05, 0.1) is 10.6 Å². The zero-order chi connectivity index (χ0) is 15.0. The lowest BCUT2D eigenvalue weighted by Crippen LogP contribution is -2.05. The molecule has 4 nitrogen and oxygen atoms in total. The molecule has 1 aromatic heterocycles. The number of aliphatic imine (C=N–C) groups is 1. The van der Waals surface area contributed by atoms with Crippen LogP contribution in [0.2, 0.25) is 10.0 Å². The highest BCUT2D eigenvalue weighted by Crippen LogP contribution is 2.26. The molecule has 0 atom stereocenters. The fourth-order valence-electron chi connectivity index (χ4n) is 1.73. The van der Waals surface area contributed by atoms with Crippen LogP contribution in [0.15, 0.2) is 50.1 Å². The summed E-state index contributed by atoms with van der Waals surface area (Å²) in [4.78, 5) is 16.0. The molecule has 0 bridgehead atoms. The van der Waals surface area contributed by atoms with Crippen LogP contribution in [0.25, 0.3) is 6.08 Å². The van der Waals surface area contributed by atoms with Crippen LogP contribution in [0.5, 0.6) is 0 Å². The van der Waals surface area contributed by atoms with Crippen molar-refractivity contribution in [2.24, 2.45) is 4.99 Å². The Labute approximate surface area is 138 Å². The van der Waals surface area contributed by atoms with Crippen molar-refractivity contribution in [3.05, 3.63) is 62.1 Å². The topological polar surface area (TPSA) is 51.8 Å². The Balaban J connectivity index is 1.97. The summed E-state index contributed by atoms with van der Waals surface area (Å²) in [6, 6.07) is 8.26. The van der Waals surface area contributed by atoms with Crippen LogP contribution in [-0.4, -0.2) is 11.9 Å². The number of furan rings is 1. The Morgan fingerprint density at radius 1 is 1.19 bits per heavy atom. The molecule has 1 aromatic carbocycles. The van der Waals surface area contributed by atoms with Crippen molar-refractivity contribution >= 4 is 57.1 Å². The Bertz CT molecular complexity index is 795. The van der Waals surface area contributed by atoms with Gasteiger partial charge in [0.15, 0.2) is 10.4 Å². The van der Waals surface area contributed by atoms with Gasteiger partial charge in [-0.15, -0.1) is 0 Å². The van der Waals surface area contributed by atoms with Crippen LogP contribution < -0.4 is 0 Å². The zero-order valence-electron chi connectivity index (χ0n) is 10.3. The lowest BCUT2D eigenvalue weighted by Gasteiger charge is -2.02. The summed E-state index contributed by atoms with van der Waals surface area (Å²) in [6.07, 6.45) is 1.49. The van der Waals surface area contributed by atoms with E-state index < -0.39 is 5.97 Å². The van der Waals surface area contributed by atoms with Crippen LogP contribution >= 0.6 is 39.1 Å². The molecule has 2 aromatic rings. The minimum Gasteiger partial charge on any atom is -0.450 e. The molecule has 0 fully saturated rings. The van der Waals surface area contributed by atoms with E-state index in [1.807, 2.05) is 0 Å². The predicted molar refractivity (Wildman–Crippen MR) is 83.5 cm³/mol. The van der Waals surface area contributed by atoms with E-state index in [0.29, 0.717) is 26.0 Å². The second kappa shape index (κ2) is 5.67. The van der Waals surface area contributed by atoms with Crippen LogP contribution in [-0.2, 0) is 9.53 Å². The van der Waals surface area contributed by atoms with Gasteiger partial charge in [0.25, 0.3) is 0 Å². The lowest BCUT2D eigenvalue weighted by molar-refractivity contribution is -0.129. The van der Waals surface area contributed by atoms with E-state index in [2.05, 4.69) is 20.9 Å². The van der Waals surface area contributed by atoms with Gasteiger partial charge in [-0.2, -0.15) is 0 Å². The second-order valence-corrected chi connectivity index (χ2v) is 5.73. The van der Waals surface area contributed by atoms with Gasteiger partial charge in [0.2, 0.25) is 5.90 Å². The molecule has 0 saturated carbocycles. The minimum absolute atomic E-state index is 0.137. The smallest absolute Gasteiger partial charge is 0.363 e. The van der Waals surface area contributed by atoms with Gasteiger partial charge in [0.1, 0.15) is 5.76 Å². The molecule has 0 aliphatic carbocycles. The number of carbonyl (C=O) groups is 1. The minimum atomic E-state index is -0.566. The molecule has 0 radical (unpaired) electrons. The third-order valence-electron chi connectivity index (χ3n) is 2.66. The highest BCUT2D eigenvalue weighted by Gasteiger charge is 2.26. The van der Waals surface area contributed by atoms with E-state index in [9.17, 15) is 4.79 Å². The largest absolute Gasteiger partial charge is 0.450 e. The van der Waals surface area contributed by atoms with Crippen molar-refractivity contribution in [2.75, 3.05) is 0 Å². The Morgan fingerprint density at radius 2 is 2.00 bits per heavy atom. The molecule has 0 N–H and O–H groups in total. The summed E-state index contributed by atoms with van der Waals surface area (Å²) in [6.45, 7) is 0. The standard InChI is InChI=1S/C14H6BrCl2NO3/c15-12-4-2-8(20-12)6-11-14(19)21-13(18-11)9-3-1-7(16)5-10(9)17/h1-6H/b11-6-. The van der Waals surface area contributed by atoms with E-state index in [1.54, 1.807) is 30.3 Å². The Hall–Kier alpha value is -1.56. The summed E-state index contributed by atoms with van der Waals surface area (Å²) < 4.78 is 11.0. The molecule has 0 amide bonds. The van der Waals surface area contributed by atoms with Gasteiger partial charge in [-0.05, 0) is 46.3 Å². The quantitative estimate of drug-likeness (QED) is 0.555. The molecule has 21 heavy (non-hydrogen) atoms. The number of esters is 1. The maximum absolute atomic E-state index is 11.8. The summed E-state index contributed by atoms with van der Waals surface area (Å²) in [7, 11) is 0. The molecule has 106 valence electrons. The first-order chi connectivity index (χ1) is 10.0. The van der Waals surface area contributed by atoms with E-state index >= 15 is 0 Å². The fourth-order valence-corrected chi connectivity index (χ4v) is 2.54. The first-order valence-electron chi connectivity index (χ1n) is 5.76. The highest BCUT2D eigenvalue weighted by molar-refractivity contribution is 9.10. The van der Waals surface area contributed by atoms with Crippen molar-refractivity contribution < 1.29 is 13.9 Å². The SMILES string of the molecule is O=C1OC(c2ccc(Cl)cc2Cl)=N/C1=C\c1ccc(Br)o1. The first-order valence-corrected chi connectivity index (χ1v) is 7.31. The van der Waals surface area contributed by atoms with Gasteiger partial charge in [0, 0.05) is 11.1 Å². The molecule has 7 heteroatoms. The average molecular weight is 387 g/mol. The van der Waals surface area contributed by atoms with Crippen molar-refractivity contribution in [2.45, 2.75) is 0 Å². The van der Waals surface area contributed by atoms with Gasteiger partial charge < -0.3 is 9.15 Å². The third-order valence-corrected chi connectivity index (χ3v) is 3.63. The monoisotopic (exact) mass is 385 g/mol. The number of carbonyl (C=O) groups excluding carboxylic acids is 1. The predicted octanol–water partition coefficient (Wildman–Crippen LogP) is 4.69. The normalized spacial score (nSPS) is 16.2. The van der Waals surface area contributed by atoms with Crippen molar-refractivity contribution in [3.63, 3.8) is 0 Å². The van der Waals surface area contributed by atoms with E-state index in [4.69, 9.17) is 32.4 Å². The van der Waals surface area contributed by atoms with E-state index in [1.165, 1.54) is 6.08 Å². The molecule has 0 unspecified atom stereocenters. The fraction of sp³-hybridized carbons (Fsp3) is 0. The molecule has 0 saturated heterocycles. The van der Waals surface area contributed by atoms with Gasteiger partial charge in [-0.1, -0.05) is 23.2 Å². The van der Waals surface area contributed by atoms with Crippen molar-refractivity contribution in [1.29, 1.82) is 0 Å². The number of hydrogen-bond acceptors (Lipinski definition) is 4. The number of hydrogen-bond donors (Lipinski definition) is 0. The number of nitrogens with zero attached hydrogens (tertiary/aromatic N) is 1. The second-order valence-electron chi connectivity index (χ2n) is 4.10. The Kier molecular flexibility index (Phi) is 3.89. The van der Waals surface area contributed by atoms with E-state index in [0.717, 1.165) is 0 Å². The molecule has 1 aliphatic heterocycles. The van der Waals surface area contributed by atoms with Gasteiger partial charge in [-0.25, -0.2) is 9.79 Å². The summed E-state index contributed by atoms with van der Waals surface area (Å²) in [5, 5.41) is 0.848. The summed E-state index contributed by atoms with van der Waals surface area (Å²) >= 11 is 15.1. The molecule has 2 heterocycles. The van der Waals surface area contributed by atoms with Crippen LogP contribution in [0.4, 0.5) is 0 Å². The Morgan fingerprint density at radius 3 is 2.67 bits per heavy atom. The van der Waals surface area contributed by atoms with Crippen LogP contribution in [0.1, 0.15) is 11.3 Å². The van der Waals surface area contributed by atoms with E-state index in [-0.39, 0.29) is 11.6 Å². The lowest BCUT2D eigenvalue weighted by atomic mass is 10.2. The maximum atomic E-state index is 11.8. The number of cyclic esters (lactones) is 1. The highest BCUT2D eigenvalue weighted by atomic mass is 79.9. The molecule has 3 rings (SSSR count). The van der Waals surface area contributed by atoms with Crippen molar-refractivity contribution in [3.8, 4) is 0 Å². The molecule has 1 aliphatic rings. The number of halogens is 3. The van der Waals surface area contributed by atoms with Crippen LogP contribution in [0, 0.1) is 0 Å². The number of ether oxygens (including phenoxy) is 1. The first kappa shape index (κ1) is 14.4. The van der Waals surface area contributed by atoms with Crippen molar-refractivity contribution in [1.82, 2.24) is 0 Å². The third kappa shape index (κ3) is 3.05. The van der Waals surface area contributed by atoms with Crippen LogP contribution in [0.3, 0.4) is 0 Å². The molecule has 0 spiro atoms. The number of rotatable bonds is 2.